The van der Waals surface area contributed by atoms with Gasteiger partial charge < -0.3 is 19.5 Å². The topological polar surface area (TPSA) is 102 Å². The van der Waals surface area contributed by atoms with Crippen molar-refractivity contribution in [3.05, 3.63) is 41.7 Å². The molecule has 3 heterocycles. The summed E-state index contributed by atoms with van der Waals surface area (Å²) in [5, 5.41) is 12.6. The molecule has 1 aliphatic rings. The van der Waals surface area contributed by atoms with Gasteiger partial charge in [0.25, 0.3) is 0 Å². The fourth-order valence-corrected chi connectivity index (χ4v) is 4.10. The minimum absolute atomic E-state index is 0.0348. The Hall–Kier alpha value is -3.46. The second-order valence-electron chi connectivity index (χ2n) is 6.07. The molecule has 2 N–H and O–H groups in total. The number of aromatic nitrogens is 3. The quantitative estimate of drug-likeness (QED) is 0.404. The van der Waals surface area contributed by atoms with Gasteiger partial charge in [0, 0.05) is 11.8 Å². The van der Waals surface area contributed by atoms with Gasteiger partial charge in [-0.2, -0.15) is 0 Å². The van der Waals surface area contributed by atoms with Gasteiger partial charge in [-0.1, -0.05) is 0 Å². The zero-order chi connectivity index (χ0) is 19.1. The third-order valence-electron chi connectivity index (χ3n) is 4.36. The molecule has 0 saturated heterocycles. The fraction of sp³-hybridized carbons (Fsp3) is 0.158. The molecular formula is C19H15N5O3S. The number of thiazole rings is 1. The molecule has 9 heteroatoms. The first kappa shape index (κ1) is 16.7. The molecule has 0 spiro atoms. The fourth-order valence-electron chi connectivity index (χ4n) is 3.07. The lowest BCUT2D eigenvalue weighted by Gasteiger charge is -2.19. The van der Waals surface area contributed by atoms with Crippen molar-refractivity contribution in [3.63, 3.8) is 0 Å². The molecule has 8 nitrogen and oxygen atoms in total. The predicted octanol–water partition coefficient (Wildman–Crippen LogP) is 3.73. The van der Waals surface area contributed by atoms with Crippen molar-refractivity contribution >= 4 is 49.9 Å². The number of rotatable bonds is 3. The number of nitrogens with one attached hydrogen (secondary N) is 2. The maximum absolute atomic E-state index is 7.89. The number of hydrogen-bond acceptors (Lipinski definition) is 9. The molecule has 4 aromatic rings. The molecule has 1 aliphatic heterocycles. The summed E-state index contributed by atoms with van der Waals surface area (Å²) in [6.45, 7) is 1.08. The van der Waals surface area contributed by atoms with E-state index in [9.17, 15) is 0 Å². The first-order valence-electron chi connectivity index (χ1n) is 8.57. The van der Waals surface area contributed by atoms with Crippen LogP contribution in [0.5, 0.6) is 11.5 Å². The number of methoxy groups -OCH3 is 1. The van der Waals surface area contributed by atoms with E-state index in [-0.39, 0.29) is 5.90 Å². The van der Waals surface area contributed by atoms with Crippen LogP contribution in [0.4, 0.5) is 11.5 Å². The molecular weight excluding hydrogens is 378 g/mol. The Bertz CT molecular complexity index is 1220. The zero-order valence-corrected chi connectivity index (χ0v) is 15.7. The minimum Gasteiger partial charge on any atom is -0.486 e. The van der Waals surface area contributed by atoms with Crippen molar-refractivity contribution in [1.29, 1.82) is 5.41 Å². The molecule has 0 radical (unpaired) electrons. The van der Waals surface area contributed by atoms with E-state index in [4.69, 9.17) is 19.6 Å². The minimum atomic E-state index is 0.0348. The molecule has 2 aromatic heterocycles. The molecule has 0 aliphatic carbocycles. The molecule has 5 rings (SSSR count). The Morgan fingerprint density at radius 3 is 2.79 bits per heavy atom. The summed E-state index contributed by atoms with van der Waals surface area (Å²) in [5.41, 5.74) is 2.40. The van der Waals surface area contributed by atoms with E-state index >= 15 is 0 Å². The van der Waals surface area contributed by atoms with Crippen molar-refractivity contribution in [2.24, 2.45) is 0 Å². The Labute approximate surface area is 163 Å². The van der Waals surface area contributed by atoms with E-state index in [1.54, 1.807) is 0 Å². The number of ether oxygens (including phenoxy) is 3. The predicted molar refractivity (Wildman–Crippen MR) is 107 cm³/mol. The zero-order valence-electron chi connectivity index (χ0n) is 14.9. The van der Waals surface area contributed by atoms with Gasteiger partial charge in [-0.25, -0.2) is 15.0 Å². The molecule has 28 heavy (non-hydrogen) atoms. The van der Waals surface area contributed by atoms with Gasteiger partial charge in [0.05, 0.1) is 28.2 Å². The number of fused-ring (bicyclic) bond motifs is 4. The van der Waals surface area contributed by atoms with E-state index in [0.717, 1.165) is 32.6 Å². The van der Waals surface area contributed by atoms with Gasteiger partial charge in [0.15, 0.2) is 16.5 Å². The lowest BCUT2D eigenvalue weighted by Crippen LogP contribution is -2.15. The van der Waals surface area contributed by atoms with Gasteiger partial charge in [0.2, 0.25) is 5.90 Å². The molecule has 140 valence electrons. The van der Waals surface area contributed by atoms with Crippen LogP contribution in [-0.2, 0) is 4.74 Å². The monoisotopic (exact) mass is 393 g/mol. The molecule has 0 unspecified atom stereocenters. The standard InChI is InChI=1S/C19H15N5O3S/c1-25-17(20)19-24-12-4-3-11-15(16(12)28-19)18(22-9-21-11)23-10-2-5-13-14(8-10)27-7-6-26-13/h2-5,8-9,20H,6-7H2,1H3,(H,21,22,23). The smallest absolute Gasteiger partial charge is 0.242 e. The highest BCUT2D eigenvalue weighted by Crippen LogP contribution is 2.37. The maximum atomic E-state index is 7.89. The van der Waals surface area contributed by atoms with Crippen LogP contribution in [0.2, 0.25) is 0 Å². The number of hydrogen-bond donors (Lipinski definition) is 2. The Kier molecular flexibility index (Phi) is 3.94. The van der Waals surface area contributed by atoms with Crippen molar-refractivity contribution in [2.75, 3.05) is 25.6 Å². The Balaban J connectivity index is 1.62. The van der Waals surface area contributed by atoms with Gasteiger partial charge in [-0.05, 0) is 24.3 Å². The van der Waals surface area contributed by atoms with Crippen LogP contribution >= 0.6 is 11.3 Å². The molecule has 0 atom stereocenters. The normalized spacial score (nSPS) is 12.9. The summed E-state index contributed by atoms with van der Waals surface area (Å²) in [4.78, 5) is 13.3. The maximum Gasteiger partial charge on any atom is 0.242 e. The Morgan fingerprint density at radius 1 is 1.11 bits per heavy atom. The van der Waals surface area contributed by atoms with Crippen LogP contribution in [0, 0.1) is 5.41 Å². The van der Waals surface area contributed by atoms with Crippen LogP contribution in [0.1, 0.15) is 5.01 Å². The van der Waals surface area contributed by atoms with Gasteiger partial charge in [-0.15, -0.1) is 11.3 Å². The summed E-state index contributed by atoms with van der Waals surface area (Å²) in [7, 11) is 1.46. The second kappa shape index (κ2) is 6.61. The van der Waals surface area contributed by atoms with Gasteiger partial charge in [0.1, 0.15) is 25.4 Å². The summed E-state index contributed by atoms with van der Waals surface area (Å²) < 4.78 is 17.1. The third-order valence-corrected chi connectivity index (χ3v) is 5.45. The highest BCUT2D eigenvalue weighted by atomic mass is 32.1. The average Bonchev–Trinajstić information content (AvgIpc) is 3.18. The van der Waals surface area contributed by atoms with Crippen molar-refractivity contribution in [3.8, 4) is 11.5 Å². The summed E-state index contributed by atoms with van der Waals surface area (Å²) in [5.74, 6) is 2.13. The van der Waals surface area contributed by atoms with E-state index in [1.165, 1.54) is 24.8 Å². The largest absolute Gasteiger partial charge is 0.486 e. The molecule has 0 bridgehead atoms. The van der Waals surface area contributed by atoms with Gasteiger partial charge >= 0.3 is 0 Å². The van der Waals surface area contributed by atoms with Crippen LogP contribution in [0.25, 0.3) is 21.1 Å². The third kappa shape index (κ3) is 2.76. The first-order valence-corrected chi connectivity index (χ1v) is 9.38. The first-order chi connectivity index (χ1) is 13.7. The number of benzene rings is 2. The van der Waals surface area contributed by atoms with Crippen LogP contribution in [0.3, 0.4) is 0 Å². The summed E-state index contributed by atoms with van der Waals surface area (Å²) >= 11 is 1.38. The van der Waals surface area contributed by atoms with Crippen LogP contribution in [-0.4, -0.2) is 41.2 Å². The van der Waals surface area contributed by atoms with Crippen LogP contribution in [0.15, 0.2) is 36.7 Å². The summed E-state index contributed by atoms with van der Waals surface area (Å²) in [6.07, 6.45) is 1.52. The number of nitrogens with zero attached hydrogens (tertiary/aromatic N) is 3. The van der Waals surface area contributed by atoms with Crippen molar-refractivity contribution in [2.45, 2.75) is 0 Å². The molecule has 0 fully saturated rings. The highest BCUT2D eigenvalue weighted by molar-refractivity contribution is 7.21. The lowest BCUT2D eigenvalue weighted by molar-refractivity contribution is 0.171. The average molecular weight is 393 g/mol. The molecule has 0 amide bonds. The summed E-state index contributed by atoms with van der Waals surface area (Å²) in [6, 6.07) is 9.47. The molecule has 2 aromatic carbocycles. The number of anilines is 2. The highest BCUT2D eigenvalue weighted by Gasteiger charge is 2.16. The van der Waals surface area contributed by atoms with Gasteiger partial charge in [-0.3, -0.25) is 5.41 Å². The van der Waals surface area contributed by atoms with E-state index < -0.39 is 0 Å². The lowest BCUT2D eigenvalue weighted by atomic mass is 10.2. The van der Waals surface area contributed by atoms with E-state index in [0.29, 0.717) is 29.8 Å². The second-order valence-corrected chi connectivity index (χ2v) is 7.06. The Morgan fingerprint density at radius 2 is 1.93 bits per heavy atom. The SMILES string of the molecule is COC(=N)c1nc2ccc3ncnc(Nc4ccc5c(c4)OCCO5)c3c2s1. The van der Waals surface area contributed by atoms with Crippen molar-refractivity contribution < 1.29 is 14.2 Å². The van der Waals surface area contributed by atoms with Crippen molar-refractivity contribution in [1.82, 2.24) is 15.0 Å². The van der Waals surface area contributed by atoms with E-state index in [2.05, 4.69) is 20.3 Å². The molecule has 0 saturated carbocycles. The van der Waals surface area contributed by atoms with Crippen LogP contribution < -0.4 is 14.8 Å². The van der Waals surface area contributed by atoms with E-state index in [1.807, 2.05) is 30.3 Å².